The largest absolute Gasteiger partial charge is 0.300 e. The monoisotopic (exact) mass is 556 g/mol. The van der Waals surface area contributed by atoms with Crippen LogP contribution in [0.3, 0.4) is 0 Å². The van der Waals surface area contributed by atoms with Crippen LogP contribution in [-0.2, 0) is 26.3 Å². The summed E-state index contributed by atoms with van der Waals surface area (Å²) in [6.45, 7) is 0.575. The van der Waals surface area contributed by atoms with Gasteiger partial charge in [0.05, 0.1) is 15.8 Å². The van der Waals surface area contributed by atoms with Gasteiger partial charge in [-0.3, -0.25) is 4.79 Å². The Kier molecular flexibility index (Phi) is 8.49. The number of halogens is 2. The molecule has 1 aliphatic rings. The van der Waals surface area contributed by atoms with Gasteiger partial charge >= 0.3 is 0 Å². The molecule has 0 aliphatic carbocycles. The highest BCUT2D eigenvalue weighted by Crippen LogP contribution is 2.30. The van der Waals surface area contributed by atoms with Crippen LogP contribution < -0.4 is 5.32 Å². The minimum atomic E-state index is -3.52. The summed E-state index contributed by atoms with van der Waals surface area (Å²) in [6, 6.07) is 14.9. The highest BCUT2D eigenvalue weighted by atomic mass is 35.5. The van der Waals surface area contributed by atoms with Crippen molar-refractivity contribution in [2.24, 2.45) is 5.92 Å². The number of sulfonamides is 1. The van der Waals surface area contributed by atoms with Gasteiger partial charge in [0, 0.05) is 24.8 Å². The average molecular weight is 558 g/mol. The van der Waals surface area contributed by atoms with E-state index in [0.717, 1.165) is 10.1 Å². The first-order valence-corrected chi connectivity index (χ1v) is 14.7. The molecule has 2 aromatic carbocycles. The van der Waals surface area contributed by atoms with Crippen LogP contribution in [0.15, 0.2) is 52.9 Å². The van der Waals surface area contributed by atoms with Gasteiger partial charge in [0.2, 0.25) is 21.1 Å². The van der Waals surface area contributed by atoms with Crippen LogP contribution in [0, 0.1) is 5.92 Å². The molecule has 0 saturated carbocycles. The predicted molar refractivity (Wildman–Crippen MR) is 138 cm³/mol. The van der Waals surface area contributed by atoms with Gasteiger partial charge in [0.1, 0.15) is 0 Å². The molecule has 0 unspecified atom stereocenters. The van der Waals surface area contributed by atoms with E-state index in [4.69, 9.17) is 23.2 Å². The van der Waals surface area contributed by atoms with Gasteiger partial charge in [-0.15, -0.1) is 10.2 Å². The van der Waals surface area contributed by atoms with Crippen molar-refractivity contribution in [3.63, 3.8) is 0 Å². The number of anilines is 1. The van der Waals surface area contributed by atoms with Gasteiger partial charge in [-0.2, -0.15) is 0 Å². The Bertz CT molecular complexity index is 1250. The molecule has 1 amide bonds. The van der Waals surface area contributed by atoms with Crippen molar-refractivity contribution in [2.75, 3.05) is 18.4 Å². The number of nitrogens with one attached hydrogen (secondary N) is 1. The van der Waals surface area contributed by atoms with E-state index in [2.05, 4.69) is 15.5 Å². The van der Waals surface area contributed by atoms with E-state index in [1.807, 2.05) is 30.3 Å². The van der Waals surface area contributed by atoms with Crippen LogP contribution in [0.4, 0.5) is 5.13 Å². The summed E-state index contributed by atoms with van der Waals surface area (Å²) in [5.41, 5.74) is 1.76. The third-order valence-electron chi connectivity index (χ3n) is 5.39. The number of benzene rings is 2. The first-order valence-electron chi connectivity index (χ1n) is 10.5. The van der Waals surface area contributed by atoms with Crippen molar-refractivity contribution in [3.05, 3.63) is 69.7 Å². The van der Waals surface area contributed by atoms with Gasteiger partial charge in [-0.1, -0.05) is 82.7 Å². The molecule has 34 heavy (non-hydrogen) atoms. The first kappa shape index (κ1) is 25.4. The number of aromatic nitrogens is 2. The van der Waals surface area contributed by atoms with Gasteiger partial charge in [0.15, 0.2) is 4.34 Å². The number of hydrogen-bond acceptors (Lipinski definition) is 7. The average Bonchev–Trinajstić information content (AvgIpc) is 3.28. The van der Waals surface area contributed by atoms with Crippen molar-refractivity contribution in [3.8, 4) is 0 Å². The maximum atomic E-state index is 12.8. The van der Waals surface area contributed by atoms with Crippen molar-refractivity contribution in [1.29, 1.82) is 0 Å². The zero-order chi connectivity index (χ0) is 24.1. The molecule has 7 nitrogen and oxygen atoms in total. The topological polar surface area (TPSA) is 92.3 Å². The highest BCUT2D eigenvalue weighted by Gasteiger charge is 2.31. The van der Waals surface area contributed by atoms with Gasteiger partial charge in [-0.05, 0) is 36.1 Å². The van der Waals surface area contributed by atoms with Crippen molar-refractivity contribution in [2.45, 2.75) is 28.7 Å². The Morgan fingerprint density at radius 3 is 2.50 bits per heavy atom. The van der Waals surface area contributed by atoms with Crippen LogP contribution >= 0.6 is 46.3 Å². The van der Waals surface area contributed by atoms with E-state index < -0.39 is 10.0 Å². The van der Waals surface area contributed by atoms with Crippen molar-refractivity contribution in [1.82, 2.24) is 14.5 Å². The summed E-state index contributed by atoms with van der Waals surface area (Å²) in [7, 11) is -3.52. The van der Waals surface area contributed by atoms with E-state index >= 15 is 0 Å². The molecule has 0 radical (unpaired) electrons. The number of carbonyl (C=O) groups is 1. The minimum absolute atomic E-state index is 0.155. The number of thioether (sulfide) groups is 1. The molecule has 0 bridgehead atoms. The van der Waals surface area contributed by atoms with Gasteiger partial charge < -0.3 is 5.32 Å². The maximum Gasteiger partial charge on any atom is 0.229 e. The molecule has 1 N–H and O–H groups in total. The fourth-order valence-corrected chi connectivity index (χ4v) is 7.15. The number of amides is 1. The summed E-state index contributed by atoms with van der Waals surface area (Å²) >= 11 is 14.8. The molecule has 180 valence electrons. The molecule has 1 saturated heterocycles. The van der Waals surface area contributed by atoms with E-state index in [0.29, 0.717) is 33.6 Å². The van der Waals surface area contributed by atoms with Crippen LogP contribution in [0.1, 0.15) is 24.0 Å². The Morgan fingerprint density at radius 2 is 1.79 bits per heavy atom. The number of nitrogens with zero attached hydrogens (tertiary/aromatic N) is 3. The number of carbonyl (C=O) groups excluding carboxylic acids is 1. The third-order valence-corrected chi connectivity index (χ3v) is 10.0. The second-order valence-corrected chi connectivity index (χ2v) is 12.8. The SMILES string of the molecule is O=C(Nc1nnc(SCc2ccccc2)s1)C1CCN(S(=O)(=O)Cc2ccc(Cl)c(Cl)c2)CC1. The van der Waals surface area contributed by atoms with E-state index in [1.54, 1.807) is 30.0 Å². The lowest BCUT2D eigenvalue weighted by Crippen LogP contribution is -2.41. The van der Waals surface area contributed by atoms with Gasteiger partial charge in [0.25, 0.3) is 0 Å². The van der Waals surface area contributed by atoms with Gasteiger partial charge in [-0.25, -0.2) is 12.7 Å². The Labute approximate surface area is 216 Å². The predicted octanol–water partition coefficient (Wildman–Crippen LogP) is 5.32. The Morgan fingerprint density at radius 1 is 1.06 bits per heavy atom. The summed E-state index contributed by atoms with van der Waals surface area (Å²) in [6.07, 6.45) is 0.891. The van der Waals surface area contributed by atoms with Crippen LogP contribution in [0.25, 0.3) is 0 Å². The lowest BCUT2D eigenvalue weighted by atomic mass is 9.97. The molecule has 1 aromatic heterocycles. The zero-order valence-electron chi connectivity index (χ0n) is 18.0. The lowest BCUT2D eigenvalue weighted by Gasteiger charge is -2.30. The maximum absolute atomic E-state index is 12.8. The first-order chi connectivity index (χ1) is 16.3. The van der Waals surface area contributed by atoms with Crippen LogP contribution in [-0.4, -0.2) is 41.9 Å². The summed E-state index contributed by atoms with van der Waals surface area (Å²) in [4.78, 5) is 12.7. The van der Waals surface area contributed by atoms with Crippen molar-refractivity contribution >= 4 is 67.4 Å². The molecule has 4 rings (SSSR count). The zero-order valence-corrected chi connectivity index (χ0v) is 21.9. The molecule has 2 heterocycles. The molecular weight excluding hydrogens is 535 g/mol. The second kappa shape index (κ2) is 11.4. The summed E-state index contributed by atoms with van der Waals surface area (Å²) in [5, 5.41) is 12.2. The van der Waals surface area contributed by atoms with Crippen molar-refractivity contribution < 1.29 is 13.2 Å². The molecule has 12 heteroatoms. The molecule has 3 aromatic rings. The third kappa shape index (κ3) is 6.71. The number of hydrogen-bond donors (Lipinski definition) is 1. The lowest BCUT2D eigenvalue weighted by molar-refractivity contribution is -0.120. The van der Waals surface area contributed by atoms with E-state index in [1.165, 1.54) is 21.2 Å². The van der Waals surface area contributed by atoms with Crippen LogP contribution in [0.5, 0.6) is 0 Å². The highest BCUT2D eigenvalue weighted by molar-refractivity contribution is 8.00. The van der Waals surface area contributed by atoms with E-state index in [9.17, 15) is 13.2 Å². The Balaban J connectivity index is 1.26. The standard InChI is InChI=1S/C22H22Cl2N4O3S3/c23-18-7-6-16(12-19(18)24)14-34(30,31)28-10-8-17(9-11-28)20(29)25-21-26-27-22(33-21)32-13-15-4-2-1-3-5-15/h1-7,12,17H,8-11,13-14H2,(H,25,26,29). The molecule has 0 atom stereocenters. The molecular formula is C22H22Cl2N4O3S3. The molecule has 1 fully saturated rings. The quantitative estimate of drug-likeness (QED) is 0.298. The normalized spacial score (nSPS) is 15.4. The second-order valence-electron chi connectivity index (χ2n) is 7.81. The van der Waals surface area contributed by atoms with E-state index in [-0.39, 0.29) is 30.7 Å². The van der Waals surface area contributed by atoms with Crippen LogP contribution in [0.2, 0.25) is 10.0 Å². The minimum Gasteiger partial charge on any atom is -0.300 e. The fourth-order valence-electron chi connectivity index (χ4n) is 3.57. The molecule has 0 spiro atoms. The summed E-state index contributed by atoms with van der Waals surface area (Å²) in [5.74, 6) is 0.186. The fraction of sp³-hybridized carbons (Fsp3) is 0.318. The number of piperidine rings is 1. The summed E-state index contributed by atoms with van der Waals surface area (Å²) < 4.78 is 27.8. The number of rotatable bonds is 8. The Hall–Kier alpha value is -1.69. The smallest absolute Gasteiger partial charge is 0.229 e. The molecule has 1 aliphatic heterocycles.